The Morgan fingerprint density at radius 1 is 1.29 bits per heavy atom. The van der Waals surface area contributed by atoms with Crippen LogP contribution in [0.5, 0.6) is 0 Å². The lowest BCUT2D eigenvalue weighted by atomic mass is 9.74. The van der Waals surface area contributed by atoms with E-state index < -0.39 is 52.1 Å². The van der Waals surface area contributed by atoms with Crippen molar-refractivity contribution in [2.45, 2.75) is 24.6 Å². The molecule has 1 aliphatic rings. The topological polar surface area (TPSA) is 101 Å². The molecule has 2 aromatic rings. The smallest absolute Gasteiger partial charge is 0.352 e. The van der Waals surface area contributed by atoms with Gasteiger partial charge < -0.3 is 16.0 Å². The van der Waals surface area contributed by atoms with Crippen LogP contribution < -0.4 is 11.1 Å². The number of aromatic nitrogens is 2. The Morgan fingerprint density at radius 2 is 1.90 bits per heavy atom. The molecule has 3 N–H and O–H groups in total. The van der Waals surface area contributed by atoms with Crippen LogP contribution >= 0.6 is 11.6 Å². The number of alkyl halides is 3. The molecule has 0 bridgehead atoms. The molecule has 0 saturated carbocycles. The highest BCUT2D eigenvalue weighted by Gasteiger charge is 2.52. The maximum Gasteiger partial charge on any atom is 0.451 e. The lowest BCUT2D eigenvalue weighted by molar-refractivity contribution is -0.145. The molecular weight excluding hydrogens is 449 g/mol. The molecule has 31 heavy (non-hydrogen) atoms. The minimum Gasteiger partial charge on any atom is -0.352 e. The van der Waals surface area contributed by atoms with Crippen molar-refractivity contribution in [2.75, 3.05) is 13.1 Å². The van der Waals surface area contributed by atoms with Crippen LogP contribution in [0.1, 0.15) is 29.8 Å². The first kappa shape index (κ1) is 22.7. The molecule has 3 amide bonds. The summed E-state index contributed by atoms with van der Waals surface area (Å²) >= 11 is 5.68. The second-order valence-electron chi connectivity index (χ2n) is 6.93. The molecule has 0 radical (unpaired) electrons. The van der Waals surface area contributed by atoms with E-state index >= 15 is 0 Å². The van der Waals surface area contributed by atoms with Crippen molar-refractivity contribution < 1.29 is 31.5 Å². The molecule has 1 unspecified atom stereocenters. The minimum absolute atomic E-state index is 0.0419. The van der Waals surface area contributed by atoms with Crippen molar-refractivity contribution in [3.63, 3.8) is 0 Å². The summed E-state index contributed by atoms with van der Waals surface area (Å²) in [6.45, 7) is 1.23. The van der Waals surface area contributed by atoms with Gasteiger partial charge in [-0.2, -0.15) is 13.2 Å². The average molecular weight is 464 g/mol. The molecule has 166 valence electrons. The molecule has 3 rings (SSSR count). The van der Waals surface area contributed by atoms with Crippen LogP contribution in [0, 0.1) is 11.6 Å². The van der Waals surface area contributed by atoms with Crippen molar-refractivity contribution in [2.24, 2.45) is 5.73 Å². The number of piperazine rings is 1. The van der Waals surface area contributed by atoms with E-state index in [0.29, 0.717) is 0 Å². The van der Waals surface area contributed by atoms with Crippen molar-refractivity contribution in [1.29, 1.82) is 0 Å². The van der Waals surface area contributed by atoms with Gasteiger partial charge >= 0.3 is 12.2 Å². The highest BCUT2D eigenvalue weighted by molar-refractivity contribution is 6.31. The molecule has 1 aromatic carbocycles. The van der Waals surface area contributed by atoms with Crippen LogP contribution in [0.2, 0.25) is 5.02 Å². The fourth-order valence-corrected chi connectivity index (χ4v) is 3.82. The van der Waals surface area contributed by atoms with Crippen LogP contribution in [0.4, 0.5) is 26.7 Å². The number of hydrogen-bond donors (Lipinski definition) is 2. The number of rotatable bonds is 3. The molecule has 1 aromatic heterocycles. The van der Waals surface area contributed by atoms with Crippen molar-refractivity contribution in [3.8, 4) is 0 Å². The van der Waals surface area contributed by atoms with E-state index in [9.17, 15) is 31.5 Å². The summed E-state index contributed by atoms with van der Waals surface area (Å²) in [5, 5.41) is 1.63. The van der Waals surface area contributed by atoms with Gasteiger partial charge in [-0.25, -0.2) is 23.5 Å². The third-order valence-corrected chi connectivity index (χ3v) is 5.45. The number of nitrogens with zero attached hydrogens (tertiary/aromatic N) is 3. The van der Waals surface area contributed by atoms with Crippen LogP contribution in [0.15, 0.2) is 24.5 Å². The predicted molar refractivity (Wildman–Crippen MR) is 97.9 cm³/mol. The van der Waals surface area contributed by atoms with Gasteiger partial charge in [-0.1, -0.05) is 17.7 Å². The van der Waals surface area contributed by atoms with Crippen LogP contribution in [0.3, 0.4) is 0 Å². The summed E-state index contributed by atoms with van der Waals surface area (Å²) in [6.07, 6.45) is -3.34. The number of nitrogens with two attached hydrogens (primary N) is 1. The van der Waals surface area contributed by atoms with Crippen LogP contribution in [0.25, 0.3) is 0 Å². The quantitative estimate of drug-likeness (QED) is 0.540. The number of primary amides is 1. The first-order valence-corrected chi connectivity index (χ1v) is 9.14. The van der Waals surface area contributed by atoms with Gasteiger partial charge in [0, 0.05) is 37.0 Å². The normalized spacial score (nSPS) is 20.4. The fourth-order valence-electron chi connectivity index (χ4n) is 3.65. The Bertz CT molecular complexity index is 1030. The van der Waals surface area contributed by atoms with E-state index in [-0.39, 0.29) is 24.2 Å². The van der Waals surface area contributed by atoms with Gasteiger partial charge in [0.05, 0.1) is 0 Å². The summed E-state index contributed by atoms with van der Waals surface area (Å²) in [5.74, 6) is -6.04. The van der Waals surface area contributed by atoms with E-state index in [4.69, 9.17) is 17.3 Å². The Morgan fingerprint density at radius 3 is 2.45 bits per heavy atom. The van der Waals surface area contributed by atoms with E-state index in [1.807, 2.05) is 0 Å². The molecule has 2 atom stereocenters. The summed E-state index contributed by atoms with van der Waals surface area (Å²) in [5.41, 5.74) is 2.98. The number of halogens is 6. The first-order valence-electron chi connectivity index (χ1n) is 8.77. The summed E-state index contributed by atoms with van der Waals surface area (Å²) < 4.78 is 67.4. The average Bonchev–Trinajstić information content (AvgIpc) is 2.70. The first-order chi connectivity index (χ1) is 14.4. The van der Waals surface area contributed by atoms with Gasteiger partial charge in [-0.3, -0.25) is 4.79 Å². The van der Waals surface area contributed by atoms with Gasteiger partial charge in [0.25, 0.3) is 0 Å². The number of amides is 3. The largest absolute Gasteiger partial charge is 0.451 e. The van der Waals surface area contributed by atoms with E-state index in [0.717, 1.165) is 29.4 Å². The molecule has 0 aliphatic carbocycles. The zero-order valence-electron chi connectivity index (χ0n) is 15.8. The molecule has 1 fully saturated rings. The number of carbonyl (C=O) groups is 2. The maximum atomic E-state index is 15.0. The van der Waals surface area contributed by atoms with Crippen molar-refractivity contribution in [3.05, 3.63) is 58.1 Å². The lowest BCUT2D eigenvalue weighted by Crippen LogP contribution is -2.68. The Labute approximate surface area is 177 Å². The van der Waals surface area contributed by atoms with Gasteiger partial charge in [0.15, 0.2) is 0 Å². The maximum absolute atomic E-state index is 15.0. The summed E-state index contributed by atoms with van der Waals surface area (Å²) in [4.78, 5) is 32.4. The van der Waals surface area contributed by atoms with Gasteiger partial charge in [0.1, 0.15) is 22.2 Å². The van der Waals surface area contributed by atoms with Gasteiger partial charge in [-0.15, -0.1) is 0 Å². The van der Waals surface area contributed by atoms with E-state index in [1.165, 1.54) is 6.92 Å². The van der Waals surface area contributed by atoms with Crippen molar-refractivity contribution in [1.82, 2.24) is 20.2 Å². The highest BCUT2D eigenvalue weighted by Crippen LogP contribution is 2.42. The molecule has 1 aliphatic heterocycles. The van der Waals surface area contributed by atoms with Gasteiger partial charge in [0.2, 0.25) is 11.7 Å². The Kier molecular flexibility index (Phi) is 5.78. The Hall–Kier alpha value is -3.02. The lowest BCUT2D eigenvalue weighted by Gasteiger charge is -2.47. The second-order valence-corrected chi connectivity index (χ2v) is 7.31. The third kappa shape index (κ3) is 3.87. The molecule has 1 saturated heterocycles. The van der Waals surface area contributed by atoms with Crippen LogP contribution in [-0.2, 0) is 11.0 Å². The minimum atomic E-state index is -4.84. The van der Waals surface area contributed by atoms with E-state index in [1.54, 1.807) is 0 Å². The zero-order chi connectivity index (χ0) is 23.1. The van der Waals surface area contributed by atoms with Gasteiger partial charge in [-0.05, 0) is 18.6 Å². The number of urea groups is 1. The molecule has 0 spiro atoms. The van der Waals surface area contributed by atoms with Crippen LogP contribution in [-0.4, -0.2) is 45.4 Å². The van der Waals surface area contributed by atoms with Crippen molar-refractivity contribution >= 4 is 23.5 Å². The number of nitrogens with one attached hydrogen (secondary N) is 1. The van der Waals surface area contributed by atoms with E-state index in [2.05, 4.69) is 15.3 Å². The Balaban J connectivity index is 2.28. The predicted octanol–water partition coefficient (Wildman–Crippen LogP) is 2.83. The standard InChI is InChI=1S/C18H15ClF5N5O2/c1-17(15(30)26-4-5-29(17)16(25)31)11(9-2-3-10(20)12(19)13(9)21)8-6-27-14(28-7-8)18(22,23)24/h2-3,6-7,11H,4-5H2,1H3,(H2,25,31)(H,26,30)/t11-,17?/m0/s1. The zero-order valence-corrected chi connectivity index (χ0v) is 16.6. The second kappa shape index (κ2) is 7.91. The molecule has 13 heteroatoms. The summed E-state index contributed by atoms with van der Waals surface area (Å²) in [6, 6.07) is 0.784. The monoisotopic (exact) mass is 463 g/mol. The number of hydrogen-bond acceptors (Lipinski definition) is 4. The number of benzene rings is 1. The molecule has 7 nitrogen and oxygen atoms in total. The molecular formula is C18H15ClF5N5O2. The SMILES string of the molecule is CC1([C@@H](c2cnc(C(F)(F)F)nc2)c2ccc(F)c(Cl)c2F)C(=O)NCCN1C(N)=O. The fraction of sp³-hybridized carbons (Fsp3) is 0.333. The molecule has 2 heterocycles. The number of carbonyl (C=O) groups excluding carboxylic acids is 2. The highest BCUT2D eigenvalue weighted by atomic mass is 35.5. The third-order valence-electron chi connectivity index (χ3n) is 5.10. The summed E-state index contributed by atoms with van der Waals surface area (Å²) in [7, 11) is 0.